The molecular weight excluding hydrogens is 306 g/mol. The third kappa shape index (κ3) is 3.24. The third-order valence-corrected chi connectivity index (χ3v) is 5.05. The minimum absolute atomic E-state index is 0.116. The van der Waals surface area contributed by atoms with Gasteiger partial charge in [0, 0.05) is 22.6 Å². The van der Waals surface area contributed by atoms with Gasteiger partial charge in [0.15, 0.2) is 5.13 Å². The van der Waals surface area contributed by atoms with Gasteiger partial charge in [-0.15, -0.1) is 11.3 Å². The van der Waals surface area contributed by atoms with Gasteiger partial charge in [-0.1, -0.05) is 11.6 Å². The van der Waals surface area contributed by atoms with E-state index >= 15 is 0 Å². The van der Waals surface area contributed by atoms with Crippen LogP contribution >= 0.6 is 22.9 Å². The van der Waals surface area contributed by atoms with E-state index in [1.54, 1.807) is 6.20 Å². The first-order valence-corrected chi connectivity index (χ1v) is 8.04. The largest absolute Gasteiger partial charge is 0.326 e. The van der Waals surface area contributed by atoms with E-state index in [4.69, 9.17) is 17.3 Å². The van der Waals surface area contributed by atoms with Gasteiger partial charge in [0.2, 0.25) is 0 Å². The Morgan fingerprint density at radius 3 is 2.79 bits per heavy atom. The van der Waals surface area contributed by atoms with Crippen LogP contribution in [0.25, 0.3) is 0 Å². The number of hydrogen-bond acceptors (Lipinski definition) is 5. The lowest BCUT2D eigenvalue weighted by molar-refractivity contribution is 0.601. The van der Waals surface area contributed by atoms with E-state index in [0.717, 1.165) is 4.88 Å². The number of rotatable bonds is 4. The van der Waals surface area contributed by atoms with Gasteiger partial charge in [-0.25, -0.2) is 13.4 Å². The van der Waals surface area contributed by atoms with Crippen LogP contribution in [0, 0.1) is 6.92 Å². The molecule has 0 aliphatic rings. The summed E-state index contributed by atoms with van der Waals surface area (Å²) in [5.74, 6) is 0. The first kappa shape index (κ1) is 14.3. The van der Waals surface area contributed by atoms with E-state index in [1.165, 1.54) is 29.5 Å². The fraction of sp³-hybridized carbons (Fsp3) is 0.182. The van der Waals surface area contributed by atoms with E-state index in [2.05, 4.69) is 9.71 Å². The SMILES string of the molecule is Cc1cnc(NS(=O)(=O)c2ccc(Cl)c(CN)c2)s1. The first-order chi connectivity index (χ1) is 8.92. The number of sulfonamides is 1. The van der Waals surface area contributed by atoms with Gasteiger partial charge in [-0.05, 0) is 30.7 Å². The number of halogens is 1. The van der Waals surface area contributed by atoms with Crippen molar-refractivity contribution in [1.29, 1.82) is 0 Å². The molecule has 0 aliphatic heterocycles. The molecule has 0 radical (unpaired) electrons. The lowest BCUT2D eigenvalue weighted by Gasteiger charge is -2.07. The van der Waals surface area contributed by atoms with Gasteiger partial charge < -0.3 is 5.73 Å². The van der Waals surface area contributed by atoms with Crippen molar-refractivity contribution in [2.24, 2.45) is 5.73 Å². The number of thiazole rings is 1. The monoisotopic (exact) mass is 317 g/mol. The van der Waals surface area contributed by atoms with E-state index in [1.807, 2.05) is 6.92 Å². The fourth-order valence-electron chi connectivity index (χ4n) is 1.45. The van der Waals surface area contributed by atoms with Gasteiger partial charge in [-0.3, -0.25) is 4.72 Å². The van der Waals surface area contributed by atoms with Crippen LogP contribution in [0.3, 0.4) is 0 Å². The molecule has 0 aliphatic carbocycles. The summed E-state index contributed by atoms with van der Waals surface area (Å²) in [6.07, 6.45) is 1.61. The molecule has 19 heavy (non-hydrogen) atoms. The van der Waals surface area contributed by atoms with Crippen molar-refractivity contribution in [2.45, 2.75) is 18.4 Å². The summed E-state index contributed by atoms with van der Waals surface area (Å²) in [5.41, 5.74) is 6.09. The molecule has 0 saturated heterocycles. The van der Waals surface area contributed by atoms with Crippen molar-refractivity contribution in [1.82, 2.24) is 4.98 Å². The molecule has 0 saturated carbocycles. The maximum Gasteiger partial charge on any atom is 0.263 e. The topological polar surface area (TPSA) is 85.1 Å². The van der Waals surface area contributed by atoms with E-state index < -0.39 is 10.0 Å². The zero-order valence-electron chi connectivity index (χ0n) is 10.1. The standard InChI is InChI=1S/C11H12ClN3O2S2/c1-7-6-14-11(18-7)15-19(16,17)9-2-3-10(12)8(4-9)5-13/h2-4,6H,5,13H2,1H3,(H,14,15). The Morgan fingerprint density at radius 2 is 2.21 bits per heavy atom. The molecule has 0 atom stereocenters. The van der Waals surface area contributed by atoms with Crippen molar-refractivity contribution in [3.05, 3.63) is 39.9 Å². The Hall–Kier alpha value is -1.15. The van der Waals surface area contributed by atoms with E-state index in [9.17, 15) is 8.42 Å². The predicted molar refractivity (Wildman–Crippen MR) is 77.0 cm³/mol. The number of benzene rings is 1. The van der Waals surface area contributed by atoms with E-state index in [-0.39, 0.29) is 11.4 Å². The Morgan fingerprint density at radius 1 is 1.47 bits per heavy atom. The second-order valence-corrected chi connectivity index (χ2v) is 7.16. The van der Waals surface area contributed by atoms with Crippen LogP contribution in [-0.4, -0.2) is 13.4 Å². The fourth-order valence-corrected chi connectivity index (χ4v) is 3.60. The zero-order valence-corrected chi connectivity index (χ0v) is 12.4. The molecule has 1 aromatic heterocycles. The molecule has 102 valence electrons. The Balaban J connectivity index is 2.34. The molecule has 0 bridgehead atoms. The highest BCUT2D eigenvalue weighted by Crippen LogP contribution is 2.24. The minimum atomic E-state index is -3.67. The number of anilines is 1. The van der Waals surface area contributed by atoms with Gasteiger partial charge in [-0.2, -0.15) is 0 Å². The first-order valence-electron chi connectivity index (χ1n) is 5.36. The summed E-state index contributed by atoms with van der Waals surface area (Å²) in [5, 5.41) is 0.785. The highest BCUT2D eigenvalue weighted by atomic mass is 35.5. The summed E-state index contributed by atoms with van der Waals surface area (Å²) < 4.78 is 26.7. The molecule has 8 heteroatoms. The second-order valence-electron chi connectivity index (χ2n) is 3.84. The molecular formula is C11H12ClN3O2S2. The number of hydrogen-bond donors (Lipinski definition) is 2. The molecule has 3 N–H and O–H groups in total. The molecule has 1 heterocycles. The van der Waals surface area contributed by atoms with Crippen LogP contribution in [0.15, 0.2) is 29.3 Å². The summed E-state index contributed by atoms with van der Waals surface area (Å²) in [4.78, 5) is 5.01. The van der Waals surface area contributed by atoms with Crippen LogP contribution < -0.4 is 10.5 Å². The van der Waals surface area contributed by atoms with Crippen LogP contribution in [0.5, 0.6) is 0 Å². The molecule has 5 nitrogen and oxygen atoms in total. The molecule has 2 rings (SSSR count). The molecule has 1 aromatic carbocycles. The molecule has 2 aromatic rings. The average molecular weight is 318 g/mol. The molecule has 0 unspecified atom stereocenters. The Bertz CT molecular complexity index is 698. The van der Waals surface area contributed by atoms with Crippen LogP contribution in [0.1, 0.15) is 10.4 Å². The van der Waals surface area contributed by atoms with Crippen LogP contribution in [0.4, 0.5) is 5.13 Å². The normalized spacial score (nSPS) is 11.5. The summed E-state index contributed by atoms with van der Waals surface area (Å²) in [6.45, 7) is 2.03. The van der Waals surface area contributed by atoms with Gasteiger partial charge in [0.25, 0.3) is 10.0 Å². The molecule has 0 amide bonds. The average Bonchev–Trinajstić information content (AvgIpc) is 2.74. The molecule has 0 fully saturated rings. The highest BCUT2D eigenvalue weighted by molar-refractivity contribution is 7.93. The number of nitrogens with one attached hydrogen (secondary N) is 1. The minimum Gasteiger partial charge on any atom is -0.326 e. The third-order valence-electron chi connectivity index (χ3n) is 2.39. The van der Waals surface area contributed by atoms with Crippen molar-refractivity contribution >= 4 is 38.1 Å². The highest BCUT2D eigenvalue weighted by Gasteiger charge is 2.17. The summed E-state index contributed by atoms with van der Waals surface area (Å²) >= 11 is 7.17. The lowest BCUT2D eigenvalue weighted by atomic mass is 10.2. The smallest absolute Gasteiger partial charge is 0.263 e. The lowest BCUT2D eigenvalue weighted by Crippen LogP contribution is -2.13. The quantitative estimate of drug-likeness (QED) is 0.906. The van der Waals surface area contributed by atoms with Crippen molar-refractivity contribution in [2.75, 3.05) is 4.72 Å². The Kier molecular flexibility index (Phi) is 4.10. The van der Waals surface area contributed by atoms with Crippen LogP contribution in [-0.2, 0) is 16.6 Å². The zero-order chi connectivity index (χ0) is 14.0. The maximum absolute atomic E-state index is 12.2. The number of nitrogens with zero attached hydrogens (tertiary/aromatic N) is 1. The number of aryl methyl sites for hydroxylation is 1. The van der Waals surface area contributed by atoms with Crippen molar-refractivity contribution < 1.29 is 8.42 Å². The van der Waals surface area contributed by atoms with Crippen molar-refractivity contribution in [3.63, 3.8) is 0 Å². The van der Waals surface area contributed by atoms with Gasteiger partial charge in [0.05, 0.1) is 4.90 Å². The van der Waals surface area contributed by atoms with Gasteiger partial charge in [0.1, 0.15) is 0 Å². The molecule has 0 spiro atoms. The predicted octanol–water partition coefficient (Wildman–Crippen LogP) is 2.36. The Labute approximate surface area is 120 Å². The summed E-state index contributed by atoms with van der Waals surface area (Å²) in [7, 11) is -3.67. The maximum atomic E-state index is 12.2. The van der Waals surface area contributed by atoms with E-state index in [0.29, 0.717) is 15.7 Å². The van der Waals surface area contributed by atoms with Gasteiger partial charge >= 0.3 is 0 Å². The van der Waals surface area contributed by atoms with Crippen molar-refractivity contribution in [3.8, 4) is 0 Å². The van der Waals surface area contributed by atoms with Crippen LogP contribution in [0.2, 0.25) is 5.02 Å². The number of nitrogens with two attached hydrogens (primary N) is 1. The number of aromatic nitrogens is 1. The summed E-state index contributed by atoms with van der Waals surface area (Å²) in [6, 6.07) is 4.42. The second kappa shape index (κ2) is 5.46.